The molecular weight excluding hydrogens is 310 g/mol. The Hall–Kier alpha value is -1.55. The molecule has 1 atom stereocenters. The second-order valence-electron chi connectivity index (χ2n) is 8.12. The molecule has 2 saturated heterocycles. The van der Waals surface area contributed by atoms with Gasteiger partial charge in [-0.1, -0.05) is 19.1 Å². The van der Waals surface area contributed by atoms with Crippen molar-refractivity contribution in [3.05, 3.63) is 29.3 Å². The summed E-state index contributed by atoms with van der Waals surface area (Å²) in [7, 11) is 0. The highest BCUT2D eigenvalue weighted by Gasteiger charge is 2.26. The molecule has 4 heteroatoms. The van der Waals surface area contributed by atoms with E-state index in [0.717, 1.165) is 49.0 Å². The molecule has 0 aromatic heterocycles. The number of anilines is 1. The van der Waals surface area contributed by atoms with Gasteiger partial charge in [-0.15, -0.1) is 0 Å². The van der Waals surface area contributed by atoms with Crippen molar-refractivity contribution < 1.29 is 4.79 Å². The van der Waals surface area contributed by atoms with E-state index < -0.39 is 0 Å². The third-order valence-corrected chi connectivity index (χ3v) is 6.01. The van der Waals surface area contributed by atoms with Gasteiger partial charge in [-0.3, -0.25) is 0 Å². The molecule has 2 aliphatic rings. The first-order chi connectivity index (χ1) is 12.0. The number of urea groups is 1. The van der Waals surface area contributed by atoms with Crippen LogP contribution in [-0.4, -0.2) is 48.6 Å². The number of amides is 2. The number of nitrogens with one attached hydrogen (secondary N) is 1. The van der Waals surface area contributed by atoms with Crippen molar-refractivity contribution in [1.82, 2.24) is 9.80 Å². The van der Waals surface area contributed by atoms with Gasteiger partial charge in [0.2, 0.25) is 0 Å². The van der Waals surface area contributed by atoms with Gasteiger partial charge < -0.3 is 15.1 Å². The average Bonchev–Trinajstić information content (AvgIpc) is 2.59. The second kappa shape index (κ2) is 8.22. The summed E-state index contributed by atoms with van der Waals surface area (Å²) in [4.78, 5) is 17.2. The minimum Gasteiger partial charge on any atom is -0.325 e. The van der Waals surface area contributed by atoms with Crippen LogP contribution in [0.25, 0.3) is 0 Å². The Morgan fingerprint density at radius 3 is 2.64 bits per heavy atom. The lowest BCUT2D eigenvalue weighted by atomic mass is 9.94. The molecule has 0 radical (unpaired) electrons. The fourth-order valence-electron chi connectivity index (χ4n) is 4.22. The van der Waals surface area contributed by atoms with Gasteiger partial charge in [-0.25, -0.2) is 4.79 Å². The molecule has 3 rings (SSSR count). The summed E-state index contributed by atoms with van der Waals surface area (Å²) in [5.74, 6) is 1.59. The Balaban J connectivity index is 1.47. The summed E-state index contributed by atoms with van der Waals surface area (Å²) in [6.07, 6.45) is 4.99. The zero-order chi connectivity index (χ0) is 17.8. The van der Waals surface area contributed by atoms with E-state index in [1.54, 1.807) is 0 Å². The normalized spacial score (nSPS) is 22.8. The third kappa shape index (κ3) is 4.75. The highest BCUT2D eigenvalue weighted by atomic mass is 16.2. The highest BCUT2D eigenvalue weighted by Crippen LogP contribution is 2.24. The van der Waals surface area contributed by atoms with Crippen molar-refractivity contribution in [3.8, 4) is 0 Å². The highest BCUT2D eigenvalue weighted by molar-refractivity contribution is 5.90. The molecule has 4 nitrogen and oxygen atoms in total. The van der Waals surface area contributed by atoms with Crippen LogP contribution in [-0.2, 0) is 0 Å². The predicted octanol–water partition coefficient (Wildman–Crippen LogP) is 4.28. The Morgan fingerprint density at radius 1 is 1.16 bits per heavy atom. The van der Waals surface area contributed by atoms with Crippen LogP contribution < -0.4 is 5.32 Å². The number of hydrogen-bond donors (Lipinski definition) is 1. The Bertz CT molecular complexity index is 593. The van der Waals surface area contributed by atoms with Crippen molar-refractivity contribution in [2.24, 2.45) is 11.8 Å². The molecular formula is C21H33N3O. The maximum atomic E-state index is 12.6. The van der Waals surface area contributed by atoms with E-state index in [9.17, 15) is 4.79 Å². The van der Waals surface area contributed by atoms with Crippen molar-refractivity contribution in [2.75, 3.05) is 38.0 Å². The second-order valence-corrected chi connectivity index (χ2v) is 8.12. The molecule has 0 unspecified atom stereocenters. The van der Waals surface area contributed by atoms with E-state index in [2.05, 4.69) is 37.1 Å². The quantitative estimate of drug-likeness (QED) is 0.889. The maximum absolute atomic E-state index is 12.6. The largest absolute Gasteiger partial charge is 0.325 e. The summed E-state index contributed by atoms with van der Waals surface area (Å²) >= 11 is 0. The Labute approximate surface area is 152 Å². The van der Waals surface area contributed by atoms with Gasteiger partial charge in [-0.05, 0) is 75.1 Å². The number of benzene rings is 1. The Kier molecular flexibility index (Phi) is 6.00. The van der Waals surface area contributed by atoms with Crippen molar-refractivity contribution in [2.45, 2.75) is 46.5 Å². The van der Waals surface area contributed by atoms with E-state index >= 15 is 0 Å². The maximum Gasteiger partial charge on any atom is 0.321 e. The van der Waals surface area contributed by atoms with E-state index in [1.807, 2.05) is 17.0 Å². The fraction of sp³-hybridized carbons (Fsp3) is 0.667. The Morgan fingerprint density at radius 2 is 1.92 bits per heavy atom. The molecule has 2 fully saturated rings. The standard InChI is InChI=1S/C21H33N3O/c1-16-6-5-11-23(14-16)15-19-9-12-24(13-10-19)21(25)22-20-8-4-7-17(2)18(20)3/h4,7-8,16,19H,5-6,9-15H2,1-3H3,(H,22,25)/t16-/m0/s1. The fourth-order valence-corrected chi connectivity index (χ4v) is 4.22. The minimum absolute atomic E-state index is 0.0544. The van der Waals surface area contributed by atoms with Crippen LogP contribution in [0, 0.1) is 25.7 Å². The van der Waals surface area contributed by atoms with E-state index in [4.69, 9.17) is 0 Å². The topological polar surface area (TPSA) is 35.6 Å². The number of likely N-dealkylation sites (tertiary alicyclic amines) is 2. The van der Waals surface area contributed by atoms with Crippen LogP contribution in [0.2, 0.25) is 0 Å². The monoisotopic (exact) mass is 343 g/mol. The molecule has 2 amide bonds. The molecule has 0 saturated carbocycles. The molecule has 1 aromatic rings. The molecule has 0 bridgehead atoms. The lowest BCUT2D eigenvalue weighted by Crippen LogP contribution is -2.44. The van der Waals surface area contributed by atoms with Gasteiger partial charge in [0.15, 0.2) is 0 Å². The summed E-state index contributed by atoms with van der Waals surface area (Å²) in [5.41, 5.74) is 3.31. The molecule has 0 aliphatic carbocycles. The molecule has 1 N–H and O–H groups in total. The van der Waals surface area contributed by atoms with Crippen LogP contribution in [0.15, 0.2) is 18.2 Å². The third-order valence-electron chi connectivity index (χ3n) is 6.01. The van der Waals surface area contributed by atoms with Crippen molar-refractivity contribution >= 4 is 11.7 Å². The number of nitrogens with zero attached hydrogens (tertiary/aromatic N) is 2. The molecule has 2 heterocycles. The van der Waals surface area contributed by atoms with E-state index in [1.165, 1.54) is 38.0 Å². The van der Waals surface area contributed by atoms with Gasteiger partial charge in [-0.2, -0.15) is 0 Å². The summed E-state index contributed by atoms with van der Waals surface area (Å²) in [6.45, 7) is 12.0. The first kappa shape index (κ1) is 18.2. The number of hydrogen-bond acceptors (Lipinski definition) is 2. The van der Waals surface area contributed by atoms with Crippen LogP contribution in [0.1, 0.15) is 43.7 Å². The van der Waals surface area contributed by atoms with Crippen molar-refractivity contribution in [1.29, 1.82) is 0 Å². The van der Waals surface area contributed by atoms with Gasteiger partial charge >= 0.3 is 6.03 Å². The van der Waals surface area contributed by atoms with Crippen LogP contribution in [0.3, 0.4) is 0 Å². The van der Waals surface area contributed by atoms with E-state index in [0.29, 0.717) is 0 Å². The van der Waals surface area contributed by atoms with Gasteiger partial charge in [0.05, 0.1) is 0 Å². The number of piperidine rings is 2. The first-order valence-corrected chi connectivity index (χ1v) is 9.87. The lowest BCUT2D eigenvalue weighted by molar-refractivity contribution is 0.125. The summed E-state index contributed by atoms with van der Waals surface area (Å²) in [5, 5.41) is 3.10. The summed E-state index contributed by atoms with van der Waals surface area (Å²) in [6, 6.07) is 6.13. The number of aryl methyl sites for hydroxylation is 1. The molecule has 2 aliphatic heterocycles. The SMILES string of the molecule is Cc1cccc(NC(=O)N2CCC(CN3CCC[C@H](C)C3)CC2)c1C. The number of carbonyl (C=O) groups is 1. The number of rotatable bonds is 3. The van der Waals surface area contributed by atoms with Crippen LogP contribution >= 0.6 is 0 Å². The van der Waals surface area contributed by atoms with Gasteiger partial charge in [0.1, 0.15) is 0 Å². The van der Waals surface area contributed by atoms with E-state index in [-0.39, 0.29) is 6.03 Å². The smallest absolute Gasteiger partial charge is 0.321 e. The zero-order valence-corrected chi connectivity index (χ0v) is 16.1. The first-order valence-electron chi connectivity index (χ1n) is 9.87. The lowest BCUT2D eigenvalue weighted by Gasteiger charge is -2.37. The minimum atomic E-state index is 0.0544. The molecule has 25 heavy (non-hydrogen) atoms. The average molecular weight is 344 g/mol. The van der Waals surface area contributed by atoms with Crippen LogP contribution in [0.5, 0.6) is 0 Å². The molecule has 1 aromatic carbocycles. The van der Waals surface area contributed by atoms with Gasteiger partial charge in [0.25, 0.3) is 0 Å². The summed E-state index contributed by atoms with van der Waals surface area (Å²) < 4.78 is 0. The molecule has 138 valence electrons. The molecule has 0 spiro atoms. The van der Waals surface area contributed by atoms with Crippen molar-refractivity contribution in [3.63, 3.8) is 0 Å². The number of carbonyl (C=O) groups excluding carboxylic acids is 1. The predicted molar refractivity (Wildman–Crippen MR) is 104 cm³/mol. The van der Waals surface area contributed by atoms with Crippen LogP contribution in [0.4, 0.5) is 10.5 Å². The van der Waals surface area contributed by atoms with Gasteiger partial charge in [0, 0.05) is 31.9 Å². The zero-order valence-electron chi connectivity index (χ0n) is 16.1.